The highest BCUT2D eigenvalue weighted by Gasteiger charge is 2.30. The number of carbonyl (C=O) groups is 1. The number of alkyl halides is 3. The van der Waals surface area contributed by atoms with Crippen molar-refractivity contribution in [3.8, 4) is 5.75 Å². The molecule has 2 aromatic carbocycles. The second-order valence-corrected chi connectivity index (χ2v) is 5.57. The maximum absolute atomic E-state index is 12.6. The fourth-order valence-corrected chi connectivity index (χ4v) is 2.09. The minimum atomic E-state index is -4.41. The minimum absolute atomic E-state index is 0.0168. The van der Waals surface area contributed by atoms with Crippen LogP contribution in [-0.2, 0) is 17.5 Å². The lowest BCUT2D eigenvalue weighted by Gasteiger charge is -2.15. The van der Waals surface area contributed by atoms with Gasteiger partial charge in [0.15, 0.2) is 6.10 Å². The van der Waals surface area contributed by atoms with Crippen LogP contribution in [0.5, 0.6) is 5.75 Å². The molecule has 0 saturated heterocycles. The zero-order valence-electron chi connectivity index (χ0n) is 12.7. The van der Waals surface area contributed by atoms with Gasteiger partial charge in [0.25, 0.3) is 5.91 Å². The molecule has 2 aromatic rings. The summed E-state index contributed by atoms with van der Waals surface area (Å²) < 4.78 is 43.4. The first kappa shape index (κ1) is 18.1. The molecule has 1 N–H and O–H groups in total. The van der Waals surface area contributed by atoms with Gasteiger partial charge < -0.3 is 10.1 Å². The number of halogens is 4. The van der Waals surface area contributed by atoms with Crippen molar-refractivity contribution in [2.45, 2.75) is 25.7 Å². The van der Waals surface area contributed by atoms with Crippen LogP contribution < -0.4 is 10.1 Å². The van der Waals surface area contributed by atoms with Crippen molar-refractivity contribution in [3.63, 3.8) is 0 Å². The smallest absolute Gasteiger partial charge is 0.416 e. The summed E-state index contributed by atoms with van der Waals surface area (Å²) in [6, 6.07) is 11.3. The number of ether oxygens (including phenoxy) is 1. The van der Waals surface area contributed by atoms with Crippen LogP contribution in [0.2, 0.25) is 5.02 Å². The fraction of sp³-hybridized carbons (Fsp3) is 0.235. The summed E-state index contributed by atoms with van der Waals surface area (Å²) >= 11 is 5.76. The lowest BCUT2D eigenvalue weighted by molar-refractivity contribution is -0.137. The molecule has 0 radical (unpaired) electrons. The van der Waals surface area contributed by atoms with Crippen LogP contribution in [0.3, 0.4) is 0 Å². The highest BCUT2D eigenvalue weighted by molar-refractivity contribution is 6.30. The van der Waals surface area contributed by atoms with E-state index in [1.165, 1.54) is 12.1 Å². The Hall–Kier alpha value is -2.21. The van der Waals surface area contributed by atoms with E-state index in [-0.39, 0.29) is 6.54 Å². The topological polar surface area (TPSA) is 38.3 Å². The SMILES string of the molecule is CC(Oc1ccc(Cl)cc1)C(=O)NCc1cccc(C(F)(F)F)c1. The van der Waals surface area contributed by atoms with Crippen molar-refractivity contribution < 1.29 is 22.7 Å². The van der Waals surface area contributed by atoms with Gasteiger partial charge in [0.2, 0.25) is 0 Å². The average Bonchev–Trinajstić information content (AvgIpc) is 2.54. The molecule has 2 rings (SSSR count). The number of nitrogens with one attached hydrogen (secondary N) is 1. The molecule has 1 unspecified atom stereocenters. The predicted octanol–water partition coefficient (Wildman–Crippen LogP) is 4.44. The van der Waals surface area contributed by atoms with Gasteiger partial charge in [-0.1, -0.05) is 23.7 Å². The molecule has 0 spiro atoms. The van der Waals surface area contributed by atoms with Crippen LogP contribution in [0, 0.1) is 0 Å². The first-order valence-corrected chi connectivity index (χ1v) is 7.49. The highest BCUT2D eigenvalue weighted by Crippen LogP contribution is 2.29. The Kier molecular flexibility index (Phi) is 5.72. The van der Waals surface area contributed by atoms with E-state index in [0.717, 1.165) is 12.1 Å². The van der Waals surface area contributed by atoms with Crippen LogP contribution >= 0.6 is 11.6 Å². The second kappa shape index (κ2) is 7.57. The Balaban J connectivity index is 1.91. The van der Waals surface area contributed by atoms with Crippen LogP contribution in [0.4, 0.5) is 13.2 Å². The lowest BCUT2D eigenvalue weighted by Crippen LogP contribution is -2.35. The van der Waals surface area contributed by atoms with Crippen LogP contribution in [-0.4, -0.2) is 12.0 Å². The van der Waals surface area contributed by atoms with Crippen molar-refractivity contribution in [2.75, 3.05) is 0 Å². The van der Waals surface area contributed by atoms with Crippen LogP contribution in [0.1, 0.15) is 18.1 Å². The number of benzene rings is 2. The summed E-state index contributed by atoms with van der Waals surface area (Å²) in [5.41, 5.74) is -0.392. The molecule has 0 aliphatic heterocycles. The molecule has 0 bridgehead atoms. The number of hydrogen-bond donors (Lipinski definition) is 1. The predicted molar refractivity (Wildman–Crippen MR) is 84.8 cm³/mol. The second-order valence-electron chi connectivity index (χ2n) is 5.13. The zero-order chi connectivity index (χ0) is 17.7. The van der Waals surface area contributed by atoms with Gasteiger partial charge in [-0.25, -0.2) is 0 Å². The molecule has 0 heterocycles. The summed E-state index contributed by atoms with van der Waals surface area (Å²) in [5, 5.41) is 3.10. The molecule has 1 atom stereocenters. The summed E-state index contributed by atoms with van der Waals surface area (Å²) in [6.07, 6.45) is -5.21. The largest absolute Gasteiger partial charge is 0.481 e. The quantitative estimate of drug-likeness (QED) is 0.859. The molecular weight excluding hydrogens is 343 g/mol. The van der Waals surface area contributed by atoms with E-state index < -0.39 is 23.8 Å². The standard InChI is InChI=1S/C17H15ClF3NO2/c1-11(24-15-7-5-14(18)6-8-15)16(23)22-10-12-3-2-4-13(9-12)17(19,20)21/h2-9,11H,10H2,1H3,(H,22,23). The third-order valence-electron chi connectivity index (χ3n) is 3.22. The molecule has 0 saturated carbocycles. The Bertz CT molecular complexity index is 702. The van der Waals surface area contributed by atoms with Crippen molar-refractivity contribution >= 4 is 17.5 Å². The first-order chi connectivity index (χ1) is 11.3. The number of hydrogen-bond acceptors (Lipinski definition) is 2. The summed E-state index contributed by atoms with van der Waals surface area (Å²) in [6.45, 7) is 1.53. The summed E-state index contributed by atoms with van der Waals surface area (Å²) in [5.74, 6) is 0.0449. The van der Waals surface area contributed by atoms with Gasteiger partial charge in [-0.2, -0.15) is 13.2 Å². The molecule has 3 nitrogen and oxygen atoms in total. The summed E-state index contributed by atoms with van der Waals surface area (Å²) in [4.78, 5) is 12.0. The Labute approximate surface area is 142 Å². The normalized spacial score (nSPS) is 12.5. The van der Waals surface area contributed by atoms with Gasteiger partial charge in [-0.05, 0) is 48.9 Å². The van der Waals surface area contributed by atoms with Gasteiger partial charge in [0.1, 0.15) is 5.75 Å². The fourth-order valence-electron chi connectivity index (χ4n) is 1.96. The minimum Gasteiger partial charge on any atom is -0.481 e. The molecule has 128 valence electrons. The van der Waals surface area contributed by atoms with Crippen LogP contribution in [0.25, 0.3) is 0 Å². The van der Waals surface area contributed by atoms with Crippen molar-refractivity contribution in [1.82, 2.24) is 5.32 Å². The molecule has 0 aromatic heterocycles. The zero-order valence-corrected chi connectivity index (χ0v) is 13.5. The van der Waals surface area contributed by atoms with Crippen molar-refractivity contribution in [1.29, 1.82) is 0 Å². The molecule has 0 fully saturated rings. The summed E-state index contributed by atoms with van der Waals surface area (Å²) in [7, 11) is 0. The molecule has 1 amide bonds. The van der Waals surface area contributed by atoms with E-state index in [4.69, 9.17) is 16.3 Å². The van der Waals surface area contributed by atoms with E-state index in [0.29, 0.717) is 16.3 Å². The van der Waals surface area contributed by atoms with E-state index in [2.05, 4.69) is 5.32 Å². The van der Waals surface area contributed by atoms with Gasteiger partial charge in [-0.15, -0.1) is 0 Å². The average molecular weight is 358 g/mol. The number of amides is 1. The Morgan fingerprint density at radius 1 is 1.21 bits per heavy atom. The lowest BCUT2D eigenvalue weighted by atomic mass is 10.1. The van der Waals surface area contributed by atoms with Crippen molar-refractivity contribution in [2.24, 2.45) is 0 Å². The van der Waals surface area contributed by atoms with Gasteiger partial charge >= 0.3 is 6.18 Å². The van der Waals surface area contributed by atoms with E-state index in [1.54, 1.807) is 31.2 Å². The van der Waals surface area contributed by atoms with Gasteiger partial charge in [0, 0.05) is 11.6 Å². The van der Waals surface area contributed by atoms with E-state index in [1.807, 2.05) is 0 Å². The van der Waals surface area contributed by atoms with Gasteiger partial charge in [0.05, 0.1) is 5.56 Å². The highest BCUT2D eigenvalue weighted by atomic mass is 35.5. The molecule has 24 heavy (non-hydrogen) atoms. The molecular formula is C17H15ClF3NO2. The molecule has 0 aliphatic rings. The van der Waals surface area contributed by atoms with Gasteiger partial charge in [-0.3, -0.25) is 4.79 Å². The molecule has 0 aliphatic carbocycles. The monoisotopic (exact) mass is 357 g/mol. The maximum Gasteiger partial charge on any atom is 0.416 e. The van der Waals surface area contributed by atoms with Crippen LogP contribution in [0.15, 0.2) is 48.5 Å². The maximum atomic E-state index is 12.6. The number of carbonyl (C=O) groups excluding carboxylic acids is 1. The Morgan fingerprint density at radius 2 is 1.88 bits per heavy atom. The third kappa shape index (κ3) is 5.16. The van der Waals surface area contributed by atoms with E-state index >= 15 is 0 Å². The molecule has 7 heteroatoms. The van der Waals surface area contributed by atoms with E-state index in [9.17, 15) is 18.0 Å². The Morgan fingerprint density at radius 3 is 2.50 bits per heavy atom. The van der Waals surface area contributed by atoms with Crippen molar-refractivity contribution in [3.05, 3.63) is 64.7 Å². The first-order valence-electron chi connectivity index (χ1n) is 7.12. The third-order valence-corrected chi connectivity index (χ3v) is 3.47. The number of rotatable bonds is 5.